The van der Waals surface area contributed by atoms with Crippen LogP contribution in [0.3, 0.4) is 0 Å². The topological polar surface area (TPSA) is 63.8 Å². The summed E-state index contributed by atoms with van der Waals surface area (Å²) >= 11 is 5.76. The summed E-state index contributed by atoms with van der Waals surface area (Å²) in [6, 6.07) is 4.58. The maximum absolute atomic E-state index is 13.3. The Bertz CT molecular complexity index is 581. The third-order valence-corrected chi connectivity index (χ3v) is 2.58. The molecule has 0 saturated carbocycles. The molecule has 2 rings (SSSR count). The maximum atomic E-state index is 13.3. The summed E-state index contributed by atoms with van der Waals surface area (Å²) in [4.78, 5) is 7.91. The second-order valence-electron chi connectivity index (χ2n) is 3.98. The van der Waals surface area contributed by atoms with Crippen molar-refractivity contribution >= 4 is 28.8 Å². The second kappa shape index (κ2) is 4.78. The van der Waals surface area contributed by atoms with E-state index in [4.69, 9.17) is 17.3 Å². The van der Waals surface area contributed by atoms with Gasteiger partial charge < -0.3 is 11.1 Å². The van der Waals surface area contributed by atoms with Crippen molar-refractivity contribution in [3.63, 3.8) is 0 Å². The molecular weight excluding hydrogens is 255 g/mol. The minimum atomic E-state index is -0.326. The molecule has 4 nitrogen and oxygen atoms in total. The highest BCUT2D eigenvalue weighted by Crippen LogP contribution is 2.25. The number of benzene rings is 1. The van der Waals surface area contributed by atoms with Crippen LogP contribution in [-0.4, -0.2) is 9.97 Å². The lowest BCUT2D eigenvalue weighted by Crippen LogP contribution is -2.04. The molecule has 1 aromatic carbocycles. The number of nitrogens with two attached hydrogens (primary N) is 1. The molecule has 6 heteroatoms. The highest BCUT2D eigenvalue weighted by molar-refractivity contribution is 6.28. The molecule has 94 valence electrons. The van der Waals surface area contributed by atoms with Crippen LogP contribution < -0.4 is 11.1 Å². The van der Waals surface area contributed by atoms with Gasteiger partial charge in [0.25, 0.3) is 0 Å². The van der Waals surface area contributed by atoms with Gasteiger partial charge in [-0.3, -0.25) is 0 Å². The van der Waals surface area contributed by atoms with E-state index in [9.17, 15) is 4.39 Å². The molecule has 0 aliphatic carbocycles. The smallest absolute Gasteiger partial charge is 0.224 e. The molecule has 0 atom stereocenters. The number of anilines is 3. The van der Waals surface area contributed by atoms with Crippen LogP contribution in [-0.2, 0) is 0 Å². The Morgan fingerprint density at radius 1 is 1.22 bits per heavy atom. The molecule has 0 aliphatic rings. The quantitative estimate of drug-likeness (QED) is 0.819. The van der Waals surface area contributed by atoms with Crippen molar-refractivity contribution in [2.45, 2.75) is 13.8 Å². The number of aryl methyl sites for hydroxylation is 2. The molecule has 0 amide bonds. The molecule has 2 aromatic rings. The van der Waals surface area contributed by atoms with E-state index in [1.54, 1.807) is 19.9 Å². The van der Waals surface area contributed by atoms with Gasteiger partial charge in [0.2, 0.25) is 5.28 Å². The van der Waals surface area contributed by atoms with E-state index in [-0.39, 0.29) is 11.1 Å². The molecular formula is C12H12ClFN4. The number of nitrogens with zero attached hydrogens (tertiary/aromatic N) is 2. The van der Waals surface area contributed by atoms with Crippen LogP contribution in [0.25, 0.3) is 0 Å². The predicted octanol–water partition coefficient (Wildman–Crippen LogP) is 3.21. The number of nitrogens with one attached hydrogen (secondary N) is 1. The third-order valence-electron chi connectivity index (χ3n) is 2.41. The minimum Gasteiger partial charge on any atom is -0.394 e. The Morgan fingerprint density at radius 3 is 2.61 bits per heavy atom. The largest absolute Gasteiger partial charge is 0.394 e. The average molecular weight is 267 g/mol. The normalized spacial score (nSPS) is 10.4. The summed E-state index contributed by atoms with van der Waals surface area (Å²) in [6.07, 6.45) is 0. The number of hydrogen-bond donors (Lipinski definition) is 2. The maximum Gasteiger partial charge on any atom is 0.224 e. The number of halogens is 2. The minimum absolute atomic E-state index is 0.0947. The summed E-state index contributed by atoms with van der Waals surface area (Å²) in [5.41, 5.74) is 8.16. The van der Waals surface area contributed by atoms with E-state index in [2.05, 4.69) is 15.3 Å². The van der Waals surface area contributed by atoms with Crippen molar-refractivity contribution in [2.24, 2.45) is 0 Å². The van der Waals surface area contributed by atoms with Gasteiger partial charge in [0.15, 0.2) is 5.82 Å². The first-order valence-electron chi connectivity index (χ1n) is 5.29. The molecule has 0 fully saturated rings. The Morgan fingerprint density at radius 2 is 1.94 bits per heavy atom. The first kappa shape index (κ1) is 12.6. The van der Waals surface area contributed by atoms with Gasteiger partial charge in [-0.25, -0.2) is 9.37 Å². The summed E-state index contributed by atoms with van der Waals surface area (Å²) in [7, 11) is 0. The number of hydrogen-bond acceptors (Lipinski definition) is 4. The van der Waals surface area contributed by atoms with Crippen molar-refractivity contribution in [1.29, 1.82) is 0 Å². The van der Waals surface area contributed by atoms with Crippen LogP contribution in [0.1, 0.15) is 11.3 Å². The average Bonchev–Trinajstić information content (AvgIpc) is 2.23. The monoisotopic (exact) mass is 266 g/mol. The summed E-state index contributed by atoms with van der Waals surface area (Å²) in [6.45, 7) is 3.53. The fourth-order valence-electron chi connectivity index (χ4n) is 1.59. The number of aromatic nitrogens is 2. The molecule has 1 aromatic heterocycles. The lowest BCUT2D eigenvalue weighted by Gasteiger charge is -2.10. The zero-order valence-corrected chi connectivity index (χ0v) is 10.7. The standard InChI is InChI=1S/C12H12ClFN4/c1-6-3-8(14)5-9(4-6)17-11-10(15)7(2)16-12(13)18-11/h3-5H,15H2,1-2H3,(H,16,17,18). The molecule has 18 heavy (non-hydrogen) atoms. The first-order valence-corrected chi connectivity index (χ1v) is 5.67. The zero-order chi connectivity index (χ0) is 13.3. The van der Waals surface area contributed by atoms with Crippen molar-refractivity contribution in [3.8, 4) is 0 Å². The van der Waals surface area contributed by atoms with E-state index in [1.807, 2.05) is 0 Å². The predicted molar refractivity (Wildman–Crippen MR) is 70.6 cm³/mol. The van der Waals surface area contributed by atoms with E-state index in [0.29, 0.717) is 22.9 Å². The lowest BCUT2D eigenvalue weighted by molar-refractivity contribution is 0.627. The molecule has 0 unspecified atom stereocenters. The molecule has 3 N–H and O–H groups in total. The van der Waals surface area contributed by atoms with Crippen molar-refractivity contribution in [1.82, 2.24) is 9.97 Å². The summed E-state index contributed by atoms with van der Waals surface area (Å²) in [5, 5.41) is 3.03. The highest BCUT2D eigenvalue weighted by atomic mass is 35.5. The van der Waals surface area contributed by atoms with E-state index in [0.717, 1.165) is 5.56 Å². The second-order valence-corrected chi connectivity index (χ2v) is 4.32. The summed E-state index contributed by atoms with van der Waals surface area (Å²) in [5.74, 6) is 0.0467. The van der Waals surface area contributed by atoms with Gasteiger partial charge in [-0.2, -0.15) is 4.98 Å². The van der Waals surface area contributed by atoms with Gasteiger partial charge in [0.1, 0.15) is 5.82 Å². The number of nitrogen functional groups attached to an aromatic ring is 1. The first-order chi connectivity index (χ1) is 8.45. The van der Waals surface area contributed by atoms with Gasteiger partial charge in [0, 0.05) is 5.69 Å². The van der Waals surface area contributed by atoms with E-state index < -0.39 is 0 Å². The SMILES string of the molecule is Cc1cc(F)cc(Nc2nc(Cl)nc(C)c2N)c1. The van der Waals surface area contributed by atoms with Crippen LogP contribution >= 0.6 is 11.6 Å². The van der Waals surface area contributed by atoms with Gasteiger partial charge in [-0.1, -0.05) is 0 Å². The molecule has 0 saturated heterocycles. The Kier molecular flexibility index (Phi) is 3.34. The zero-order valence-electron chi connectivity index (χ0n) is 9.96. The molecule has 0 radical (unpaired) electrons. The third kappa shape index (κ3) is 2.68. The van der Waals surface area contributed by atoms with Crippen LogP contribution in [0, 0.1) is 19.7 Å². The fraction of sp³-hybridized carbons (Fsp3) is 0.167. The van der Waals surface area contributed by atoms with E-state index in [1.165, 1.54) is 12.1 Å². The van der Waals surface area contributed by atoms with E-state index >= 15 is 0 Å². The van der Waals surface area contributed by atoms with Crippen LogP contribution in [0.2, 0.25) is 5.28 Å². The van der Waals surface area contributed by atoms with Gasteiger partial charge in [0.05, 0.1) is 11.4 Å². The molecule has 0 aliphatic heterocycles. The Hall–Kier alpha value is -1.88. The lowest BCUT2D eigenvalue weighted by atomic mass is 10.2. The van der Waals surface area contributed by atoms with Crippen LogP contribution in [0.4, 0.5) is 21.6 Å². The summed E-state index contributed by atoms with van der Waals surface area (Å²) < 4.78 is 13.3. The Balaban J connectivity index is 2.39. The van der Waals surface area contributed by atoms with Gasteiger partial charge in [-0.15, -0.1) is 0 Å². The molecule has 0 bridgehead atoms. The van der Waals surface area contributed by atoms with Crippen LogP contribution in [0.15, 0.2) is 18.2 Å². The number of rotatable bonds is 2. The van der Waals surface area contributed by atoms with Gasteiger partial charge in [-0.05, 0) is 49.2 Å². The highest BCUT2D eigenvalue weighted by Gasteiger charge is 2.08. The fourth-order valence-corrected chi connectivity index (χ4v) is 1.80. The molecule has 1 heterocycles. The molecule has 0 spiro atoms. The Labute approximate surface area is 109 Å². The van der Waals surface area contributed by atoms with Crippen molar-refractivity contribution in [3.05, 3.63) is 40.6 Å². The van der Waals surface area contributed by atoms with Crippen molar-refractivity contribution < 1.29 is 4.39 Å². The van der Waals surface area contributed by atoms with Crippen molar-refractivity contribution in [2.75, 3.05) is 11.1 Å². The van der Waals surface area contributed by atoms with Crippen LogP contribution in [0.5, 0.6) is 0 Å². The van der Waals surface area contributed by atoms with Gasteiger partial charge >= 0.3 is 0 Å².